The molecule has 2 N–H and O–H groups in total. The molecule has 0 radical (unpaired) electrons. The van der Waals surface area contributed by atoms with Gasteiger partial charge in [-0.05, 0) is 34.8 Å². The summed E-state index contributed by atoms with van der Waals surface area (Å²) < 4.78 is 13.7. The fraction of sp³-hybridized carbons (Fsp3) is 0.400. The van der Waals surface area contributed by atoms with E-state index in [9.17, 15) is 4.39 Å². The van der Waals surface area contributed by atoms with E-state index in [0.29, 0.717) is 16.2 Å². The molecular formula is C10H12BrFN2. The van der Waals surface area contributed by atoms with Gasteiger partial charge in [-0.25, -0.2) is 4.39 Å². The molecule has 0 bridgehead atoms. The van der Waals surface area contributed by atoms with Gasteiger partial charge in [0, 0.05) is 19.2 Å². The van der Waals surface area contributed by atoms with Crippen LogP contribution in [-0.2, 0) is 0 Å². The van der Waals surface area contributed by atoms with Gasteiger partial charge in [-0.3, -0.25) is 0 Å². The number of nitrogen functional groups attached to an aromatic ring is 1. The minimum Gasteiger partial charge on any atom is -0.397 e. The summed E-state index contributed by atoms with van der Waals surface area (Å²) in [6.07, 6.45) is 2.35. The van der Waals surface area contributed by atoms with Crippen molar-refractivity contribution < 1.29 is 4.39 Å². The molecule has 1 saturated carbocycles. The van der Waals surface area contributed by atoms with Crippen molar-refractivity contribution in [2.24, 2.45) is 0 Å². The lowest BCUT2D eigenvalue weighted by atomic mass is 10.2. The summed E-state index contributed by atoms with van der Waals surface area (Å²) in [5, 5.41) is 0. The van der Waals surface area contributed by atoms with Gasteiger partial charge in [0.25, 0.3) is 0 Å². The van der Waals surface area contributed by atoms with Crippen molar-refractivity contribution in [2.75, 3.05) is 17.7 Å². The monoisotopic (exact) mass is 258 g/mol. The molecule has 0 heterocycles. The van der Waals surface area contributed by atoms with E-state index in [-0.39, 0.29) is 5.82 Å². The summed E-state index contributed by atoms with van der Waals surface area (Å²) in [6.45, 7) is 0. The van der Waals surface area contributed by atoms with Crippen LogP contribution in [0.2, 0.25) is 0 Å². The number of nitrogens with two attached hydrogens (primary N) is 1. The Labute approximate surface area is 91.0 Å². The fourth-order valence-corrected chi connectivity index (χ4v) is 1.88. The minimum absolute atomic E-state index is 0.262. The summed E-state index contributed by atoms with van der Waals surface area (Å²) in [4.78, 5) is 2.05. The van der Waals surface area contributed by atoms with E-state index in [1.807, 2.05) is 11.9 Å². The Morgan fingerprint density at radius 2 is 2.14 bits per heavy atom. The minimum atomic E-state index is -0.262. The highest BCUT2D eigenvalue weighted by atomic mass is 79.9. The number of halogens is 2. The van der Waals surface area contributed by atoms with E-state index in [0.717, 1.165) is 5.69 Å². The lowest BCUT2D eigenvalue weighted by Gasteiger charge is -2.20. The van der Waals surface area contributed by atoms with Crippen LogP contribution in [0.4, 0.5) is 15.8 Å². The second-order valence-corrected chi connectivity index (χ2v) is 4.52. The van der Waals surface area contributed by atoms with Crippen LogP contribution in [0.25, 0.3) is 0 Å². The van der Waals surface area contributed by atoms with Crippen LogP contribution < -0.4 is 10.6 Å². The Hall–Kier alpha value is -0.770. The van der Waals surface area contributed by atoms with Crippen LogP contribution in [0.1, 0.15) is 12.8 Å². The standard InChI is InChI=1S/C10H12BrFN2/c1-14(6-2-3-6)10-5-8(12)7(11)4-9(10)13/h4-6H,2-3,13H2,1H3. The second-order valence-electron chi connectivity index (χ2n) is 3.67. The molecule has 0 amide bonds. The molecule has 2 nitrogen and oxygen atoms in total. The molecule has 0 aromatic heterocycles. The molecule has 0 atom stereocenters. The number of anilines is 2. The Balaban J connectivity index is 2.36. The zero-order valence-corrected chi connectivity index (χ0v) is 9.51. The van der Waals surface area contributed by atoms with Gasteiger partial charge in [-0.1, -0.05) is 0 Å². The summed E-state index contributed by atoms with van der Waals surface area (Å²) in [7, 11) is 1.96. The molecule has 1 aliphatic carbocycles. The van der Waals surface area contributed by atoms with Crippen LogP contribution in [0, 0.1) is 5.82 Å². The van der Waals surface area contributed by atoms with Crippen molar-refractivity contribution in [3.8, 4) is 0 Å². The molecule has 1 fully saturated rings. The van der Waals surface area contributed by atoms with E-state index in [4.69, 9.17) is 5.73 Å². The molecule has 2 rings (SSSR count). The Bertz CT molecular complexity index is 363. The largest absolute Gasteiger partial charge is 0.397 e. The summed E-state index contributed by atoms with van der Waals surface area (Å²) in [5.41, 5.74) is 7.22. The van der Waals surface area contributed by atoms with Crippen molar-refractivity contribution in [3.05, 3.63) is 22.4 Å². The second kappa shape index (κ2) is 3.42. The first-order chi connectivity index (χ1) is 6.59. The SMILES string of the molecule is CN(c1cc(F)c(Br)cc1N)C1CC1. The fourth-order valence-electron chi connectivity index (χ4n) is 1.52. The van der Waals surface area contributed by atoms with Gasteiger partial charge >= 0.3 is 0 Å². The smallest absolute Gasteiger partial charge is 0.139 e. The Kier molecular flexibility index (Phi) is 2.39. The zero-order chi connectivity index (χ0) is 10.3. The number of rotatable bonds is 2. The predicted octanol–water partition coefficient (Wildman–Crippen LogP) is 2.77. The summed E-state index contributed by atoms with van der Waals surface area (Å²) in [5.74, 6) is -0.262. The highest BCUT2D eigenvalue weighted by molar-refractivity contribution is 9.10. The zero-order valence-electron chi connectivity index (χ0n) is 7.93. The van der Waals surface area contributed by atoms with Gasteiger partial charge in [0.05, 0.1) is 15.8 Å². The summed E-state index contributed by atoms with van der Waals surface area (Å²) >= 11 is 3.11. The van der Waals surface area contributed by atoms with E-state index >= 15 is 0 Å². The molecule has 1 aromatic rings. The molecule has 1 aliphatic rings. The molecule has 0 aliphatic heterocycles. The normalized spacial score (nSPS) is 15.6. The Morgan fingerprint density at radius 3 is 2.71 bits per heavy atom. The topological polar surface area (TPSA) is 29.3 Å². The lowest BCUT2D eigenvalue weighted by molar-refractivity contribution is 0.620. The number of hydrogen-bond acceptors (Lipinski definition) is 2. The van der Waals surface area contributed by atoms with Crippen LogP contribution in [0.15, 0.2) is 16.6 Å². The van der Waals surface area contributed by atoms with Crippen LogP contribution in [-0.4, -0.2) is 13.1 Å². The number of benzene rings is 1. The maximum absolute atomic E-state index is 13.3. The average Bonchev–Trinajstić information content (AvgIpc) is 2.93. The van der Waals surface area contributed by atoms with E-state index < -0.39 is 0 Å². The molecule has 76 valence electrons. The molecule has 14 heavy (non-hydrogen) atoms. The van der Waals surface area contributed by atoms with E-state index in [1.165, 1.54) is 18.9 Å². The first-order valence-corrected chi connectivity index (χ1v) is 5.36. The van der Waals surface area contributed by atoms with Crippen LogP contribution in [0.5, 0.6) is 0 Å². The highest BCUT2D eigenvalue weighted by Crippen LogP contribution is 2.35. The number of hydrogen-bond donors (Lipinski definition) is 1. The van der Waals surface area contributed by atoms with Crippen molar-refractivity contribution in [2.45, 2.75) is 18.9 Å². The summed E-state index contributed by atoms with van der Waals surface area (Å²) in [6, 6.07) is 3.64. The maximum Gasteiger partial charge on any atom is 0.139 e. The van der Waals surface area contributed by atoms with Gasteiger partial charge in [0.2, 0.25) is 0 Å². The first kappa shape index (κ1) is 9.77. The third kappa shape index (κ3) is 1.71. The van der Waals surface area contributed by atoms with E-state index in [2.05, 4.69) is 15.9 Å². The highest BCUT2D eigenvalue weighted by Gasteiger charge is 2.27. The predicted molar refractivity (Wildman–Crippen MR) is 59.9 cm³/mol. The van der Waals surface area contributed by atoms with Crippen molar-refractivity contribution in [1.82, 2.24) is 0 Å². The first-order valence-electron chi connectivity index (χ1n) is 4.57. The molecule has 0 saturated heterocycles. The van der Waals surface area contributed by atoms with Crippen molar-refractivity contribution >= 4 is 27.3 Å². The maximum atomic E-state index is 13.3. The molecular weight excluding hydrogens is 247 g/mol. The quantitative estimate of drug-likeness (QED) is 0.827. The average molecular weight is 259 g/mol. The molecule has 1 aromatic carbocycles. The van der Waals surface area contributed by atoms with Gasteiger partial charge in [0.15, 0.2) is 0 Å². The van der Waals surface area contributed by atoms with Crippen LogP contribution >= 0.6 is 15.9 Å². The van der Waals surface area contributed by atoms with Crippen molar-refractivity contribution in [1.29, 1.82) is 0 Å². The molecule has 4 heteroatoms. The van der Waals surface area contributed by atoms with Gasteiger partial charge < -0.3 is 10.6 Å². The molecule has 0 unspecified atom stereocenters. The van der Waals surface area contributed by atoms with Gasteiger partial charge in [0.1, 0.15) is 5.82 Å². The number of nitrogens with zero attached hydrogens (tertiary/aromatic N) is 1. The third-order valence-electron chi connectivity index (χ3n) is 2.54. The van der Waals surface area contributed by atoms with E-state index in [1.54, 1.807) is 6.07 Å². The van der Waals surface area contributed by atoms with Gasteiger partial charge in [-0.2, -0.15) is 0 Å². The Morgan fingerprint density at radius 1 is 1.50 bits per heavy atom. The third-order valence-corrected chi connectivity index (χ3v) is 3.15. The van der Waals surface area contributed by atoms with Crippen molar-refractivity contribution in [3.63, 3.8) is 0 Å². The van der Waals surface area contributed by atoms with Gasteiger partial charge in [-0.15, -0.1) is 0 Å². The van der Waals surface area contributed by atoms with Crippen LogP contribution in [0.3, 0.4) is 0 Å². The lowest BCUT2D eigenvalue weighted by Crippen LogP contribution is -2.20. The molecule has 0 spiro atoms.